The smallest absolute Gasteiger partial charge is 0.267 e. The van der Waals surface area contributed by atoms with E-state index in [9.17, 15) is 9.59 Å². The number of carbonyl (C=O) groups is 2. The van der Waals surface area contributed by atoms with Gasteiger partial charge in [-0.1, -0.05) is 24.3 Å². The number of hydrogen-bond donors (Lipinski definition) is 2. The zero-order valence-corrected chi connectivity index (χ0v) is 15.8. The molecule has 0 spiro atoms. The second-order valence-electron chi connectivity index (χ2n) is 6.90. The van der Waals surface area contributed by atoms with Crippen molar-refractivity contribution in [1.29, 1.82) is 0 Å². The van der Waals surface area contributed by atoms with E-state index in [4.69, 9.17) is 4.74 Å². The van der Waals surface area contributed by atoms with E-state index >= 15 is 0 Å². The molecule has 0 fully saturated rings. The van der Waals surface area contributed by atoms with Crippen molar-refractivity contribution in [3.63, 3.8) is 0 Å². The Hall–Kier alpha value is -3.35. The summed E-state index contributed by atoms with van der Waals surface area (Å²) in [5.74, 6) is 1.08. The van der Waals surface area contributed by atoms with E-state index < -0.39 is 6.10 Å². The summed E-state index contributed by atoms with van der Waals surface area (Å²) in [6.07, 6.45) is -0.371. The van der Waals surface area contributed by atoms with Crippen LogP contribution in [0.15, 0.2) is 48.5 Å². The van der Waals surface area contributed by atoms with Crippen LogP contribution in [0.2, 0.25) is 0 Å². The van der Waals surface area contributed by atoms with E-state index in [1.54, 1.807) is 11.8 Å². The number of imidazole rings is 1. The van der Waals surface area contributed by atoms with Crippen LogP contribution in [0.1, 0.15) is 32.1 Å². The molecule has 1 unspecified atom stereocenters. The molecule has 7 heteroatoms. The monoisotopic (exact) mass is 378 g/mol. The zero-order valence-electron chi connectivity index (χ0n) is 15.8. The van der Waals surface area contributed by atoms with E-state index in [-0.39, 0.29) is 24.3 Å². The molecule has 2 heterocycles. The van der Waals surface area contributed by atoms with Gasteiger partial charge in [0, 0.05) is 13.0 Å². The minimum Gasteiger partial charge on any atom is -0.479 e. The molecule has 28 heavy (non-hydrogen) atoms. The molecular formula is C21H22N4O3. The van der Waals surface area contributed by atoms with Gasteiger partial charge in [0.2, 0.25) is 5.91 Å². The Bertz CT molecular complexity index is 996. The summed E-state index contributed by atoms with van der Waals surface area (Å²) < 4.78 is 5.63. The maximum atomic E-state index is 12.5. The third-order valence-corrected chi connectivity index (χ3v) is 4.83. The van der Waals surface area contributed by atoms with E-state index in [0.717, 1.165) is 11.0 Å². The Kier molecular flexibility index (Phi) is 4.73. The number of aromatic nitrogens is 2. The van der Waals surface area contributed by atoms with Gasteiger partial charge in [-0.2, -0.15) is 0 Å². The summed E-state index contributed by atoms with van der Waals surface area (Å²) in [5, 5.41) is 2.94. The van der Waals surface area contributed by atoms with Gasteiger partial charge in [0.05, 0.1) is 22.8 Å². The third-order valence-electron chi connectivity index (χ3n) is 4.83. The van der Waals surface area contributed by atoms with Crippen molar-refractivity contribution in [3.05, 3.63) is 54.4 Å². The van der Waals surface area contributed by atoms with Crippen LogP contribution in [0.3, 0.4) is 0 Å². The lowest BCUT2D eigenvalue weighted by atomic mass is 10.1. The molecule has 0 saturated carbocycles. The molecule has 2 N–H and O–H groups in total. The van der Waals surface area contributed by atoms with Crippen LogP contribution in [0, 0.1) is 0 Å². The summed E-state index contributed by atoms with van der Waals surface area (Å²) in [4.78, 5) is 34.3. The first-order valence-electron chi connectivity index (χ1n) is 9.34. The van der Waals surface area contributed by atoms with Crippen LogP contribution in [-0.2, 0) is 9.59 Å². The first-order chi connectivity index (χ1) is 13.5. The number of amides is 2. The number of benzene rings is 2. The summed E-state index contributed by atoms with van der Waals surface area (Å²) in [5.41, 5.74) is 2.50. The molecule has 3 aromatic rings. The number of rotatable bonds is 5. The molecule has 0 bridgehead atoms. The maximum absolute atomic E-state index is 12.5. The molecule has 0 saturated heterocycles. The summed E-state index contributed by atoms with van der Waals surface area (Å²) >= 11 is 0. The molecule has 144 valence electrons. The van der Waals surface area contributed by atoms with Gasteiger partial charge in [-0.05, 0) is 38.1 Å². The number of para-hydroxylation sites is 4. The number of anilines is 1. The van der Waals surface area contributed by atoms with Crippen LogP contribution < -0.4 is 15.0 Å². The molecule has 7 nitrogen and oxygen atoms in total. The van der Waals surface area contributed by atoms with Gasteiger partial charge in [-0.15, -0.1) is 0 Å². The van der Waals surface area contributed by atoms with E-state index in [0.29, 0.717) is 23.8 Å². The largest absolute Gasteiger partial charge is 0.479 e. The minimum atomic E-state index is -0.563. The van der Waals surface area contributed by atoms with Crippen molar-refractivity contribution < 1.29 is 14.3 Å². The number of nitrogens with zero attached hydrogens (tertiary/aromatic N) is 2. The molecule has 2 amide bonds. The Morgan fingerprint density at radius 3 is 2.82 bits per heavy atom. The van der Waals surface area contributed by atoms with Crippen molar-refractivity contribution in [2.45, 2.75) is 32.4 Å². The molecule has 4 rings (SSSR count). The van der Waals surface area contributed by atoms with Gasteiger partial charge in [-0.25, -0.2) is 4.98 Å². The van der Waals surface area contributed by atoms with Crippen molar-refractivity contribution in [1.82, 2.24) is 15.3 Å². The predicted molar refractivity (Wildman–Crippen MR) is 106 cm³/mol. The average Bonchev–Trinajstić information content (AvgIpc) is 3.13. The van der Waals surface area contributed by atoms with E-state index in [2.05, 4.69) is 15.3 Å². The maximum Gasteiger partial charge on any atom is 0.267 e. The molecule has 1 aromatic heterocycles. The standard InChI is InChI=1S/C21H22N4O3/c1-13(20-23-15-7-3-4-8-16(15)24-20)22-19(26)11-12-25-17-9-5-6-10-18(17)28-14(2)21(25)27/h3-10,13-14H,11-12H2,1-2H3,(H,22,26)(H,23,24)/t13-,14?/m0/s1. The molecule has 0 radical (unpaired) electrons. The van der Waals surface area contributed by atoms with Gasteiger partial charge in [0.25, 0.3) is 5.91 Å². The SMILES string of the molecule is CC1Oc2ccccc2N(CCC(=O)N[C@@H](C)c2nc3ccccc3[nH]2)C1=O. The number of hydrogen-bond acceptors (Lipinski definition) is 4. The first kappa shape index (κ1) is 18.0. The highest BCUT2D eigenvalue weighted by Crippen LogP contribution is 2.33. The van der Waals surface area contributed by atoms with Crippen molar-refractivity contribution in [2.75, 3.05) is 11.4 Å². The lowest BCUT2D eigenvalue weighted by molar-refractivity contribution is -0.125. The van der Waals surface area contributed by atoms with Crippen molar-refractivity contribution in [2.24, 2.45) is 0 Å². The fraction of sp³-hybridized carbons (Fsp3) is 0.286. The summed E-state index contributed by atoms with van der Waals surface area (Å²) in [7, 11) is 0. The number of H-pyrrole nitrogens is 1. The average molecular weight is 378 g/mol. The lowest BCUT2D eigenvalue weighted by Crippen LogP contribution is -2.45. The third kappa shape index (κ3) is 3.43. The van der Waals surface area contributed by atoms with Gasteiger partial charge in [-0.3, -0.25) is 9.59 Å². The molecule has 0 aliphatic carbocycles. The van der Waals surface area contributed by atoms with Crippen molar-refractivity contribution in [3.8, 4) is 5.75 Å². The highest BCUT2D eigenvalue weighted by molar-refractivity contribution is 6.00. The number of carbonyl (C=O) groups excluding carboxylic acids is 2. The van der Waals surface area contributed by atoms with Crippen LogP contribution in [0.4, 0.5) is 5.69 Å². The summed E-state index contributed by atoms with van der Waals surface area (Å²) in [6.45, 7) is 3.89. The van der Waals surface area contributed by atoms with E-state index in [1.165, 1.54) is 0 Å². The van der Waals surface area contributed by atoms with Gasteiger partial charge >= 0.3 is 0 Å². The number of fused-ring (bicyclic) bond motifs is 2. The highest BCUT2D eigenvalue weighted by atomic mass is 16.5. The Morgan fingerprint density at radius 1 is 1.25 bits per heavy atom. The molecular weight excluding hydrogens is 356 g/mol. The lowest BCUT2D eigenvalue weighted by Gasteiger charge is -2.32. The normalized spacial score (nSPS) is 17.1. The van der Waals surface area contributed by atoms with Gasteiger partial charge in [0.1, 0.15) is 11.6 Å². The Morgan fingerprint density at radius 2 is 2.00 bits per heavy atom. The molecule has 2 atom stereocenters. The molecule has 2 aromatic carbocycles. The highest BCUT2D eigenvalue weighted by Gasteiger charge is 2.31. The fourth-order valence-corrected chi connectivity index (χ4v) is 3.36. The first-order valence-corrected chi connectivity index (χ1v) is 9.34. The van der Waals surface area contributed by atoms with Crippen LogP contribution in [-0.4, -0.2) is 34.4 Å². The second kappa shape index (κ2) is 7.34. The number of ether oxygens (including phenoxy) is 1. The molecule has 1 aliphatic heterocycles. The fourth-order valence-electron chi connectivity index (χ4n) is 3.36. The van der Waals surface area contributed by atoms with Crippen LogP contribution in [0.25, 0.3) is 11.0 Å². The topological polar surface area (TPSA) is 87.3 Å². The quantitative estimate of drug-likeness (QED) is 0.715. The molecule has 1 aliphatic rings. The zero-order chi connectivity index (χ0) is 19.7. The Labute approximate surface area is 162 Å². The number of aromatic amines is 1. The van der Waals surface area contributed by atoms with Gasteiger partial charge < -0.3 is 19.9 Å². The second-order valence-corrected chi connectivity index (χ2v) is 6.90. The number of nitrogens with one attached hydrogen (secondary N) is 2. The van der Waals surface area contributed by atoms with Crippen molar-refractivity contribution >= 4 is 28.5 Å². The summed E-state index contributed by atoms with van der Waals surface area (Å²) in [6, 6.07) is 14.8. The van der Waals surface area contributed by atoms with E-state index in [1.807, 2.05) is 55.5 Å². The van der Waals surface area contributed by atoms with Crippen LogP contribution >= 0.6 is 0 Å². The van der Waals surface area contributed by atoms with Crippen LogP contribution in [0.5, 0.6) is 5.75 Å². The van der Waals surface area contributed by atoms with Gasteiger partial charge in [0.15, 0.2) is 6.10 Å². The predicted octanol–water partition coefficient (Wildman–Crippen LogP) is 2.94. The Balaban J connectivity index is 1.41. The minimum absolute atomic E-state index is 0.141.